The lowest BCUT2D eigenvalue weighted by Crippen LogP contribution is -2.42. The van der Waals surface area contributed by atoms with Gasteiger partial charge in [-0.1, -0.05) is 0 Å². The molecule has 0 radical (unpaired) electrons. The summed E-state index contributed by atoms with van der Waals surface area (Å²) >= 11 is 0. The van der Waals surface area contributed by atoms with E-state index in [0.717, 1.165) is 12.5 Å². The van der Waals surface area contributed by atoms with Gasteiger partial charge >= 0.3 is 0 Å². The van der Waals surface area contributed by atoms with Crippen LogP contribution in [0.15, 0.2) is 0 Å². The highest BCUT2D eigenvalue weighted by Crippen LogP contribution is 2.19. The van der Waals surface area contributed by atoms with Gasteiger partial charge in [-0.3, -0.25) is 0 Å². The summed E-state index contributed by atoms with van der Waals surface area (Å²) in [6.45, 7) is 3.54. The summed E-state index contributed by atoms with van der Waals surface area (Å²) < 4.78 is 0. The molecule has 0 saturated carbocycles. The van der Waals surface area contributed by atoms with E-state index in [9.17, 15) is 0 Å². The van der Waals surface area contributed by atoms with E-state index in [-0.39, 0.29) is 0 Å². The summed E-state index contributed by atoms with van der Waals surface area (Å²) in [6, 6.07) is 0.408. The summed E-state index contributed by atoms with van der Waals surface area (Å²) in [4.78, 5) is 2.41. The van der Waals surface area contributed by atoms with Gasteiger partial charge in [-0.05, 0) is 58.8 Å². The van der Waals surface area contributed by atoms with Gasteiger partial charge in [0.15, 0.2) is 0 Å². The standard InChI is InChI=1S/C11H25N3/c1-13-7-3-6-11(12)10-5-4-8-14(2)9-10/h10-11,13H,3-9,12H2,1-2H3. The predicted molar refractivity (Wildman–Crippen MR) is 61.4 cm³/mol. The van der Waals surface area contributed by atoms with Gasteiger partial charge < -0.3 is 16.0 Å². The van der Waals surface area contributed by atoms with Crippen LogP contribution in [0, 0.1) is 5.92 Å². The second-order valence-corrected chi connectivity index (χ2v) is 4.57. The number of nitrogens with one attached hydrogen (secondary N) is 1. The largest absolute Gasteiger partial charge is 0.327 e. The van der Waals surface area contributed by atoms with Crippen molar-refractivity contribution in [3.8, 4) is 0 Å². The Morgan fingerprint density at radius 2 is 2.36 bits per heavy atom. The van der Waals surface area contributed by atoms with Gasteiger partial charge in [-0.15, -0.1) is 0 Å². The minimum atomic E-state index is 0.408. The lowest BCUT2D eigenvalue weighted by molar-refractivity contribution is 0.183. The van der Waals surface area contributed by atoms with Crippen LogP contribution in [0.1, 0.15) is 25.7 Å². The number of rotatable bonds is 5. The summed E-state index contributed by atoms with van der Waals surface area (Å²) in [5, 5.41) is 3.17. The van der Waals surface area contributed by atoms with Crippen molar-refractivity contribution >= 4 is 0 Å². The second kappa shape index (κ2) is 6.38. The SMILES string of the molecule is CNCCCC(N)C1CCCN(C)C1. The van der Waals surface area contributed by atoms with Gasteiger partial charge in [0.2, 0.25) is 0 Å². The van der Waals surface area contributed by atoms with Gasteiger partial charge in [0, 0.05) is 12.6 Å². The first kappa shape index (κ1) is 12.0. The number of hydrogen-bond donors (Lipinski definition) is 2. The van der Waals surface area contributed by atoms with E-state index >= 15 is 0 Å². The van der Waals surface area contributed by atoms with Crippen LogP contribution >= 0.6 is 0 Å². The van der Waals surface area contributed by atoms with Crippen molar-refractivity contribution in [1.29, 1.82) is 0 Å². The van der Waals surface area contributed by atoms with Crippen molar-refractivity contribution in [2.24, 2.45) is 11.7 Å². The highest BCUT2D eigenvalue weighted by Gasteiger charge is 2.22. The van der Waals surface area contributed by atoms with Gasteiger partial charge in [0.1, 0.15) is 0 Å². The molecule has 1 saturated heterocycles. The fourth-order valence-electron chi connectivity index (χ4n) is 2.31. The van der Waals surface area contributed by atoms with Crippen LogP contribution in [0.2, 0.25) is 0 Å². The third-order valence-electron chi connectivity index (χ3n) is 3.23. The van der Waals surface area contributed by atoms with E-state index in [1.54, 1.807) is 0 Å². The van der Waals surface area contributed by atoms with Crippen molar-refractivity contribution in [2.45, 2.75) is 31.7 Å². The number of likely N-dealkylation sites (tertiary alicyclic amines) is 1. The molecule has 3 nitrogen and oxygen atoms in total. The van der Waals surface area contributed by atoms with Gasteiger partial charge in [0.05, 0.1) is 0 Å². The first-order valence-electron chi connectivity index (χ1n) is 5.82. The minimum Gasteiger partial charge on any atom is -0.327 e. The van der Waals surface area contributed by atoms with E-state index in [0.29, 0.717) is 6.04 Å². The smallest absolute Gasteiger partial charge is 0.00798 e. The van der Waals surface area contributed by atoms with E-state index < -0.39 is 0 Å². The maximum Gasteiger partial charge on any atom is 0.00798 e. The maximum absolute atomic E-state index is 6.20. The molecule has 2 unspecified atom stereocenters. The Kier molecular flexibility index (Phi) is 5.45. The van der Waals surface area contributed by atoms with Crippen molar-refractivity contribution in [1.82, 2.24) is 10.2 Å². The maximum atomic E-state index is 6.20. The van der Waals surface area contributed by atoms with E-state index in [1.807, 2.05) is 7.05 Å². The minimum absolute atomic E-state index is 0.408. The Morgan fingerprint density at radius 1 is 1.57 bits per heavy atom. The third-order valence-corrected chi connectivity index (χ3v) is 3.23. The van der Waals surface area contributed by atoms with Crippen molar-refractivity contribution in [2.75, 3.05) is 33.7 Å². The highest BCUT2D eigenvalue weighted by molar-refractivity contribution is 4.79. The summed E-state index contributed by atoms with van der Waals surface area (Å²) in [7, 11) is 4.20. The normalized spacial score (nSPS) is 26.4. The molecule has 0 aliphatic carbocycles. The Balaban J connectivity index is 2.18. The molecular weight excluding hydrogens is 174 g/mol. The molecule has 3 N–H and O–H groups in total. The molecule has 2 atom stereocenters. The average Bonchev–Trinajstić information content (AvgIpc) is 2.18. The zero-order chi connectivity index (χ0) is 10.4. The fraction of sp³-hybridized carbons (Fsp3) is 1.00. The molecular formula is C11H25N3. The molecule has 1 rings (SSSR count). The molecule has 1 aliphatic heterocycles. The zero-order valence-corrected chi connectivity index (χ0v) is 9.63. The molecule has 0 aromatic rings. The average molecular weight is 199 g/mol. The Hall–Kier alpha value is -0.120. The Bertz CT molecular complexity index is 149. The summed E-state index contributed by atoms with van der Waals surface area (Å²) in [6.07, 6.45) is 5.02. The van der Waals surface area contributed by atoms with Crippen LogP contribution < -0.4 is 11.1 Å². The first-order valence-corrected chi connectivity index (χ1v) is 5.82. The Labute approximate surface area is 88.0 Å². The molecule has 0 spiro atoms. The molecule has 1 heterocycles. The molecule has 1 fully saturated rings. The molecule has 84 valence electrons. The Morgan fingerprint density at radius 3 is 3.00 bits per heavy atom. The van der Waals surface area contributed by atoms with Gasteiger partial charge in [-0.2, -0.15) is 0 Å². The fourth-order valence-corrected chi connectivity index (χ4v) is 2.31. The van der Waals surface area contributed by atoms with E-state index in [1.165, 1.54) is 38.8 Å². The van der Waals surface area contributed by atoms with Crippen LogP contribution in [0.4, 0.5) is 0 Å². The highest BCUT2D eigenvalue weighted by atomic mass is 15.1. The lowest BCUT2D eigenvalue weighted by Gasteiger charge is -2.33. The van der Waals surface area contributed by atoms with E-state index in [4.69, 9.17) is 5.73 Å². The third kappa shape index (κ3) is 3.95. The van der Waals surface area contributed by atoms with Crippen LogP contribution in [0.3, 0.4) is 0 Å². The first-order chi connectivity index (χ1) is 6.74. The molecule has 0 bridgehead atoms. The topological polar surface area (TPSA) is 41.3 Å². The van der Waals surface area contributed by atoms with Crippen molar-refractivity contribution in [3.05, 3.63) is 0 Å². The number of nitrogens with two attached hydrogens (primary N) is 1. The monoisotopic (exact) mass is 199 g/mol. The molecule has 0 amide bonds. The lowest BCUT2D eigenvalue weighted by atomic mass is 9.89. The predicted octanol–water partition coefficient (Wildman–Crippen LogP) is 0.655. The second-order valence-electron chi connectivity index (χ2n) is 4.57. The number of piperidine rings is 1. The van der Waals surface area contributed by atoms with Crippen LogP contribution in [0.25, 0.3) is 0 Å². The van der Waals surface area contributed by atoms with Crippen LogP contribution in [-0.2, 0) is 0 Å². The summed E-state index contributed by atoms with van der Waals surface area (Å²) in [5.41, 5.74) is 6.20. The molecule has 0 aromatic heterocycles. The van der Waals surface area contributed by atoms with E-state index in [2.05, 4.69) is 17.3 Å². The number of hydrogen-bond acceptors (Lipinski definition) is 3. The van der Waals surface area contributed by atoms with Crippen molar-refractivity contribution < 1.29 is 0 Å². The molecule has 14 heavy (non-hydrogen) atoms. The van der Waals surface area contributed by atoms with Crippen molar-refractivity contribution in [3.63, 3.8) is 0 Å². The summed E-state index contributed by atoms with van der Waals surface area (Å²) in [5.74, 6) is 0.727. The van der Waals surface area contributed by atoms with Crippen LogP contribution in [0.5, 0.6) is 0 Å². The molecule has 1 aliphatic rings. The molecule has 3 heteroatoms. The quantitative estimate of drug-likeness (QED) is 0.639. The van der Waals surface area contributed by atoms with Gasteiger partial charge in [-0.25, -0.2) is 0 Å². The zero-order valence-electron chi connectivity index (χ0n) is 9.63. The molecule has 0 aromatic carbocycles. The van der Waals surface area contributed by atoms with Crippen LogP contribution in [-0.4, -0.2) is 44.7 Å². The van der Waals surface area contributed by atoms with Gasteiger partial charge in [0.25, 0.3) is 0 Å². The number of nitrogens with zero attached hydrogens (tertiary/aromatic N) is 1.